The second-order valence-electron chi connectivity index (χ2n) is 5.29. The fourth-order valence-corrected chi connectivity index (χ4v) is 2.86. The number of H-pyrrole nitrogens is 1. The molecule has 0 unspecified atom stereocenters. The summed E-state index contributed by atoms with van der Waals surface area (Å²) in [5, 5.41) is 18.1. The lowest BCUT2D eigenvalue weighted by molar-refractivity contribution is 0.455. The summed E-state index contributed by atoms with van der Waals surface area (Å²) in [5.41, 5.74) is 9.12. The number of nitrogens with one attached hydrogen (secondary N) is 1. The van der Waals surface area contributed by atoms with Gasteiger partial charge in [0.2, 0.25) is 0 Å². The minimum absolute atomic E-state index is 0.0203. The van der Waals surface area contributed by atoms with Crippen molar-refractivity contribution in [3.63, 3.8) is 0 Å². The van der Waals surface area contributed by atoms with Crippen LogP contribution >= 0.6 is 11.6 Å². The molecule has 2 heterocycles. The fraction of sp³-hybridized carbons (Fsp3) is 0. The first-order chi connectivity index (χ1) is 11.6. The van der Waals surface area contributed by atoms with E-state index in [1.807, 2.05) is 36.4 Å². The molecular weight excluding hydrogens is 326 g/mol. The average molecular weight is 338 g/mol. The Labute approximate surface area is 142 Å². The summed E-state index contributed by atoms with van der Waals surface area (Å²) in [6.07, 6.45) is 1.68. The van der Waals surface area contributed by atoms with E-state index in [1.54, 1.807) is 12.3 Å². The van der Waals surface area contributed by atoms with Crippen LogP contribution < -0.4 is 5.73 Å². The number of nitrogen functional groups attached to an aromatic ring is 1. The summed E-state index contributed by atoms with van der Waals surface area (Å²) in [6.45, 7) is 0. The van der Waals surface area contributed by atoms with Gasteiger partial charge in [-0.2, -0.15) is 5.10 Å². The highest BCUT2D eigenvalue weighted by molar-refractivity contribution is 6.35. The molecule has 0 fully saturated rings. The van der Waals surface area contributed by atoms with E-state index in [9.17, 15) is 5.11 Å². The summed E-state index contributed by atoms with van der Waals surface area (Å²) in [6, 6.07) is 13.2. The van der Waals surface area contributed by atoms with Crippen molar-refractivity contribution in [2.75, 3.05) is 5.73 Å². The second-order valence-corrected chi connectivity index (χ2v) is 5.70. The molecule has 0 radical (unpaired) electrons. The van der Waals surface area contributed by atoms with E-state index < -0.39 is 0 Å². The largest absolute Gasteiger partial charge is 0.491 e. The number of aromatic amines is 1. The lowest BCUT2D eigenvalue weighted by Crippen LogP contribution is -1.99. The molecule has 0 spiro atoms. The van der Waals surface area contributed by atoms with Crippen LogP contribution in [-0.2, 0) is 0 Å². The van der Waals surface area contributed by atoms with Crippen molar-refractivity contribution in [2.24, 2.45) is 0 Å². The van der Waals surface area contributed by atoms with Crippen molar-refractivity contribution in [2.45, 2.75) is 0 Å². The molecule has 4 N–H and O–H groups in total. The number of rotatable bonds is 2. The van der Waals surface area contributed by atoms with E-state index in [4.69, 9.17) is 17.3 Å². The zero-order valence-corrected chi connectivity index (χ0v) is 13.1. The molecule has 0 aliphatic carbocycles. The molecule has 6 nitrogen and oxygen atoms in total. The Morgan fingerprint density at radius 3 is 2.54 bits per heavy atom. The van der Waals surface area contributed by atoms with Crippen LogP contribution in [0.4, 0.5) is 5.82 Å². The Morgan fingerprint density at radius 2 is 1.75 bits per heavy atom. The van der Waals surface area contributed by atoms with Crippen LogP contribution in [0.15, 0.2) is 48.7 Å². The first-order valence-electron chi connectivity index (χ1n) is 7.18. The molecule has 0 amide bonds. The van der Waals surface area contributed by atoms with Crippen molar-refractivity contribution < 1.29 is 5.11 Å². The molecule has 2 aromatic heterocycles. The minimum atomic E-state index is -0.312. The average Bonchev–Trinajstić information content (AvgIpc) is 3.07. The van der Waals surface area contributed by atoms with Gasteiger partial charge in [-0.1, -0.05) is 41.9 Å². The van der Waals surface area contributed by atoms with Gasteiger partial charge >= 0.3 is 0 Å². The van der Waals surface area contributed by atoms with E-state index in [0.717, 1.165) is 22.0 Å². The highest BCUT2D eigenvalue weighted by Crippen LogP contribution is 2.35. The number of anilines is 1. The van der Waals surface area contributed by atoms with E-state index in [2.05, 4.69) is 20.2 Å². The molecule has 0 bridgehead atoms. The van der Waals surface area contributed by atoms with Gasteiger partial charge in [0.25, 0.3) is 5.88 Å². The number of halogens is 1. The summed E-state index contributed by atoms with van der Waals surface area (Å²) in [5.74, 6) is -0.332. The molecule has 0 saturated heterocycles. The highest BCUT2D eigenvalue weighted by Gasteiger charge is 2.16. The van der Waals surface area contributed by atoms with Gasteiger partial charge in [0.1, 0.15) is 5.69 Å². The first-order valence-corrected chi connectivity index (χ1v) is 7.56. The number of benzene rings is 2. The quantitative estimate of drug-likeness (QED) is 0.518. The van der Waals surface area contributed by atoms with Gasteiger partial charge < -0.3 is 10.8 Å². The molecule has 7 heteroatoms. The van der Waals surface area contributed by atoms with Gasteiger partial charge in [0.05, 0.1) is 22.4 Å². The SMILES string of the molecule is Nc1nc(-c2ccccc2)c(-c2cc(Cl)c3[nH]ncc3c2)nc1O. The maximum absolute atomic E-state index is 9.93. The fourth-order valence-electron chi connectivity index (χ4n) is 2.59. The lowest BCUT2D eigenvalue weighted by Gasteiger charge is -2.11. The maximum Gasteiger partial charge on any atom is 0.255 e. The van der Waals surface area contributed by atoms with E-state index in [0.29, 0.717) is 16.4 Å². The summed E-state index contributed by atoms with van der Waals surface area (Å²) < 4.78 is 0. The molecule has 4 aromatic rings. The highest BCUT2D eigenvalue weighted by atomic mass is 35.5. The molecule has 0 atom stereocenters. The minimum Gasteiger partial charge on any atom is -0.491 e. The third-order valence-corrected chi connectivity index (χ3v) is 4.02. The number of hydrogen-bond donors (Lipinski definition) is 3. The van der Waals surface area contributed by atoms with Gasteiger partial charge in [0, 0.05) is 16.5 Å². The molecule has 118 valence electrons. The van der Waals surface area contributed by atoms with Gasteiger partial charge in [-0.3, -0.25) is 5.10 Å². The third kappa shape index (κ3) is 2.33. The van der Waals surface area contributed by atoms with Crippen molar-refractivity contribution in [3.8, 4) is 28.4 Å². The maximum atomic E-state index is 9.93. The Bertz CT molecular complexity index is 1050. The molecule has 24 heavy (non-hydrogen) atoms. The lowest BCUT2D eigenvalue weighted by atomic mass is 10.0. The second kappa shape index (κ2) is 5.50. The number of nitrogens with zero attached hydrogens (tertiary/aromatic N) is 3. The van der Waals surface area contributed by atoms with Crippen LogP contribution in [0.3, 0.4) is 0 Å². The Kier molecular flexibility index (Phi) is 3.32. The van der Waals surface area contributed by atoms with Crippen LogP contribution in [0.5, 0.6) is 5.88 Å². The summed E-state index contributed by atoms with van der Waals surface area (Å²) >= 11 is 6.32. The van der Waals surface area contributed by atoms with E-state index in [1.165, 1.54) is 0 Å². The van der Waals surface area contributed by atoms with Crippen molar-refractivity contribution in [3.05, 3.63) is 53.7 Å². The van der Waals surface area contributed by atoms with Crippen molar-refractivity contribution in [1.82, 2.24) is 20.2 Å². The van der Waals surface area contributed by atoms with Gasteiger partial charge in [-0.25, -0.2) is 9.97 Å². The zero-order valence-electron chi connectivity index (χ0n) is 12.4. The Hall–Kier alpha value is -3.12. The first kappa shape index (κ1) is 14.5. The number of aromatic hydroxyl groups is 1. The van der Waals surface area contributed by atoms with E-state index in [-0.39, 0.29) is 11.7 Å². The third-order valence-electron chi connectivity index (χ3n) is 3.72. The van der Waals surface area contributed by atoms with Gasteiger partial charge in [-0.05, 0) is 12.1 Å². The molecule has 4 rings (SSSR count). The van der Waals surface area contributed by atoms with Crippen LogP contribution in [0.1, 0.15) is 0 Å². The number of aromatic nitrogens is 4. The van der Waals surface area contributed by atoms with E-state index >= 15 is 0 Å². The molecule has 2 aromatic carbocycles. The predicted molar refractivity (Wildman–Crippen MR) is 93.6 cm³/mol. The molecule has 0 saturated carbocycles. The Balaban J connectivity index is 2.01. The monoisotopic (exact) mass is 337 g/mol. The summed E-state index contributed by atoms with van der Waals surface area (Å²) in [7, 11) is 0. The number of nitrogens with two attached hydrogens (primary N) is 1. The smallest absolute Gasteiger partial charge is 0.255 e. The Morgan fingerprint density at radius 1 is 1.00 bits per heavy atom. The van der Waals surface area contributed by atoms with Gasteiger partial charge in [0.15, 0.2) is 5.82 Å². The van der Waals surface area contributed by atoms with Crippen molar-refractivity contribution in [1.29, 1.82) is 0 Å². The van der Waals surface area contributed by atoms with Crippen LogP contribution in [0.2, 0.25) is 5.02 Å². The topological polar surface area (TPSA) is 101 Å². The van der Waals surface area contributed by atoms with Crippen LogP contribution in [0.25, 0.3) is 33.4 Å². The van der Waals surface area contributed by atoms with Crippen LogP contribution in [0, 0.1) is 0 Å². The molecular formula is C17H12ClN5O. The van der Waals surface area contributed by atoms with Gasteiger partial charge in [-0.15, -0.1) is 0 Å². The van der Waals surface area contributed by atoms with Crippen LogP contribution in [-0.4, -0.2) is 25.3 Å². The number of hydrogen-bond acceptors (Lipinski definition) is 5. The number of fused-ring (bicyclic) bond motifs is 1. The summed E-state index contributed by atoms with van der Waals surface area (Å²) in [4.78, 5) is 8.55. The van der Waals surface area contributed by atoms with Crippen molar-refractivity contribution >= 4 is 28.3 Å². The zero-order chi connectivity index (χ0) is 16.7. The normalized spacial score (nSPS) is 11.0. The standard InChI is InChI=1S/C17H12ClN5O/c18-12-7-10(6-11-8-20-23-13(11)12)15-14(9-4-2-1-3-5-9)21-16(19)17(24)22-15/h1-8H,(H2,19,21)(H,20,23)(H,22,24). The predicted octanol–water partition coefficient (Wildman–Crippen LogP) is 3.63. The molecule has 0 aliphatic rings. The molecule has 0 aliphatic heterocycles.